The SMILES string of the molecule is CCOC(=O)c1cccc(Cn2ccc3cc([N+](=O)[O-])ccc32)n1. The molecule has 0 N–H and O–H groups in total. The first-order valence-electron chi connectivity index (χ1n) is 7.45. The smallest absolute Gasteiger partial charge is 0.356 e. The third-order valence-electron chi connectivity index (χ3n) is 3.59. The molecule has 0 radical (unpaired) electrons. The predicted octanol–water partition coefficient (Wildman–Crippen LogP) is 3.17. The zero-order chi connectivity index (χ0) is 17.1. The van der Waals surface area contributed by atoms with Crippen molar-refractivity contribution < 1.29 is 14.5 Å². The van der Waals surface area contributed by atoms with Crippen LogP contribution in [0.3, 0.4) is 0 Å². The predicted molar refractivity (Wildman–Crippen MR) is 87.9 cm³/mol. The van der Waals surface area contributed by atoms with Crippen molar-refractivity contribution in [2.75, 3.05) is 6.61 Å². The third kappa shape index (κ3) is 3.10. The summed E-state index contributed by atoms with van der Waals surface area (Å²) >= 11 is 0. The Morgan fingerprint density at radius 1 is 1.29 bits per heavy atom. The van der Waals surface area contributed by atoms with Gasteiger partial charge in [-0.1, -0.05) is 6.07 Å². The number of non-ortho nitro benzene ring substituents is 1. The number of carbonyl (C=O) groups is 1. The van der Waals surface area contributed by atoms with Gasteiger partial charge in [0.2, 0.25) is 0 Å². The second-order valence-corrected chi connectivity index (χ2v) is 5.18. The van der Waals surface area contributed by atoms with Gasteiger partial charge in [-0.2, -0.15) is 0 Å². The van der Waals surface area contributed by atoms with E-state index in [9.17, 15) is 14.9 Å². The number of nitro benzene ring substituents is 1. The number of benzene rings is 1. The average molecular weight is 325 g/mol. The molecule has 0 saturated heterocycles. The van der Waals surface area contributed by atoms with E-state index in [4.69, 9.17) is 4.74 Å². The lowest BCUT2D eigenvalue weighted by atomic mass is 10.2. The van der Waals surface area contributed by atoms with Gasteiger partial charge in [-0.05, 0) is 31.2 Å². The van der Waals surface area contributed by atoms with Crippen LogP contribution in [-0.2, 0) is 11.3 Å². The van der Waals surface area contributed by atoms with Crippen LogP contribution in [0.2, 0.25) is 0 Å². The summed E-state index contributed by atoms with van der Waals surface area (Å²) in [7, 11) is 0. The molecule has 7 nitrogen and oxygen atoms in total. The van der Waals surface area contributed by atoms with Crippen molar-refractivity contribution in [1.29, 1.82) is 0 Å². The minimum Gasteiger partial charge on any atom is -0.461 e. The fourth-order valence-corrected chi connectivity index (χ4v) is 2.50. The van der Waals surface area contributed by atoms with E-state index in [1.807, 2.05) is 22.9 Å². The maximum absolute atomic E-state index is 11.8. The molecule has 0 atom stereocenters. The highest BCUT2D eigenvalue weighted by Gasteiger charge is 2.11. The molecular formula is C17H15N3O4. The fraction of sp³-hybridized carbons (Fsp3) is 0.176. The second kappa shape index (κ2) is 6.49. The summed E-state index contributed by atoms with van der Waals surface area (Å²) in [4.78, 5) is 26.5. The van der Waals surface area contributed by atoms with Gasteiger partial charge in [0, 0.05) is 29.2 Å². The van der Waals surface area contributed by atoms with Crippen LogP contribution in [0, 0.1) is 10.1 Å². The molecule has 1 aromatic carbocycles. The third-order valence-corrected chi connectivity index (χ3v) is 3.59. The number of ether oxygens (including phenoxy) is 1. The minimum atomic E-state index is -0.452. The van der Waals surface area contributed by atoms with Crippen molar-refractivity contribution in [3.8, 4) is 0 Å². The Kier molecular flexibility index (Phi) is 4.24. The standard InChI is InChI=1S/C17H15N3O4/c1-2-24-17(21)15-5-3-4-13(18-15)11-19-9-8-12-10-14(20(22)23)6-7-16(12)19/h3-10H,2,11H2,1H3. The number of aromatic nitrogens is 2. The molecule has 0 amide bonds. The highest BCUT2D eigenvalue weighted by molar-refractivity contribution is 5.87. The van der Waals surface area contributed by atoms with Crippen LogP contribution in [-0.4, -0.2) is 27.1 Å². The number of carbonyl (C=O) groups excluding carboxylic acids is 1. The number of fused-ring (bicyclic) bond motifs is 1. The lowest BCUT2D eigenvalue weighted by molar-refractivity contribution is -0.384. The number of rotatable bonds is 5. The molecule has 0 saturated carbocycles. The minimum absolute atomic E-state index is 0.0580. The lowest BCUT2D eigenvalue weighted by Crippen LogP contribution is -2.09. The van der Waals surface area contributed by atoms with Gasteiger partial charge in [0.15, 0.2) is 0 Å². The number of nitro groups is 1. The summed E-state index contributed by atoms with van der Waals surface area (Å²) in [5, 5.41) is 11.6. The van der Waals surface area contributed by atoms with E-state index in [0.29, 0.717) is 18.8 Å². The van der Waals surface area contributed by atoms with E-state index in [2.05, 4.69) is 4.98 Å². The van der Waals surface area contributed by atoms with Crippen LogP contribution in [0.4, 0.5) is 5.69 Å². The van der Waals surface area contributed by atoms with Crippen molar-refractivity contribution in [3.05, 3.63) is 70.2 Å². The highest BCUT2D eigenvalue weighted by Crippen LogP contribution is 2.22. The zero-order valence-electron chi connectivity index (χ0n) is 13.0. The summed E-state index contributed by atoms with van der Waals surface area (Å²) in [6, 6.07) is 11.7. The fourth-order valence-electron chi connectivity index (χ4n) is 2.50. The molecule has 7 heteroatoms. The van der Waals surface area contributed by atoms with Gasteiger partial charge in [-0.15, -0.1) is 0 Å². The van der Waals surface area contributed by atoms with E-state index in [0.717, 1.165) is 10.9 Å². The molecule has 122 valence electrons. The normalized spacial score (nSPS) is 10.7. The Morgan fingerprint density at radius 2 is 2.12 bits per heavy atom. The highest BCUT2D eigenvalue weighted by atomic mass is 16.6. The molecule has 0 unspecified atom stereocenters. The molecule has 0 aliphatic heterocycles. The quantitative estimate of drug-likeness (QED) is 0.408. The summed E-state index contributed by atoms with van der Waals surface area (Å²) in [6.07, 6.45) is 1.84. The van der Waals surface area contributed by atoms with Gasteiger partial charge in [-0.25, -0.2) is 9.78 Å². The maximum atomic E-state index is 11.8. The molecule has 0 fully saturated rings. The Morgan fingerprint density at radius 3 is 2.88 bits per heavy atom. The Labute approximate surface area is 137 Å². The van der Waals surface area contributed by atoms with E-state index < -0.39 is 10.9 Å². The van der Waals surface area contributed by atoms with E-state index >= 15 is 0 Å². The molecule has 0 bridgehead atoms. The molecule has 2 aromatic heterocycles. The zero-order valence-corrected chi connectivity index (χ0v) is 13.0. The molecule has 3 aromatic rings. The molecule has 0 aliphatic rings. The summed E-state index contributed by atoms with van der Waals surface area (Å²) in [6.45, 7) is 2.49. The van der Waals surface area contributed by atoms with E-state index in [1.165, 1.54) is 12.1 Å². The van der Waals surface area contributed by atoms with Crippen LogP contribution < -0.4 is 0 Å². The van der Waals surface area contributed by atoms with Crippen LogP contribution in [0.1, 0.15) is 23.1 Å². The molecule has 24 heavy (non-hydrogen) atoms. The first-order valence-corrected chi connectivity index (χ1v) is 7.45. The van der Waals surface area contributed by atoms with Crippen molar-refractivity contribution >= 4 is 22.6 Å². The molecule has 0 spiro atoms. The molecular weight excluding hydrogens is 310 g/mol. The van der Waals surface area contributed by atoms with Gasteiger partial charge in [0.1, 0.15) is 5.69 Å². The Balaban J connectivity index is 1.89. The number of hydrogen-bond acceptors (Lipinski definition) is 5. The largest absolute Gasteiger partial charge is 0.461 e. The van der Waals surface area contributed by atoms with Crippen LogP contribution in [0.25, 0.3) is 10.9 Å². The van der Waals surface area contributed by atoms with Crippen molar-refractivity contribution in [2.24, 2.45) is 0 Å². The number of hydrogen-bond donors (Lipinski definition) is 0. The topological polar surface area (TPSA) is 87.3 Å². The van der Waals surface area contributed by atoms with Crippen molar-refractivity contribution in [3.63, 3.8) is 0 Å². The first kappa shape index (κ1) is 15.7. The number of nitrogens with zero attached hydrogens (tertiary/aromatic N) is 3. The van der Waals surface area contributed by atoms with E-state index in [-0.39, 0.29) is 11.4 Å². The first-order chi connectivity index (χ1) is 11.6. The summed E-state index contributed by atoms with van der Waals surface area (Å²) < 4.78 is 6.88. The van der Waals surface area contributed by atoms with Gasteiger partial charge in [0.25, 0.3) is 5.69 Å². The van der Waals surface area contributed by atoms with Crippen molar-refractivity contribution in [2.45, 2.75) is 13.5 Å². The average Bonchev–Trinajstić information content (AvgIpc) is 2.97. The van der Waals surface area contributed by atoms with E-state index in [1.54, 1.807) is 25.1 Å². The summed E-state index contributed by atoms with van der Waals surface area (Å²) in [5.74, 6) is -0.452. The van der Waals surface area contributed by atoms with Gasteiger partial charge >= 0.3 is 5.97 Å². The monoisotopic (exact) mass is 325 g/mol. The Bertz CT molecular complexity index is 917. The summed E-state index contributed by atoms with van der Waals surface area (Å²) in [5.41, 5.74) is 1.89. The Hall–Kier alpha value is -3.22. The maximum Gasteiger partial charge on any atom is 0.356 e. The van der Waals surface area contributed by atoms with Gasteiger partial charge in [0.05, 0.1) is 23.8 Å². The van der Waals surface area contributed by atoms with Crippen LogP contribution in [0.15, 0.2) is 48.7 Å². The number of esters is 1. The molecule has 3 rings (SSSR count). The van der Waals surface area contributed by atoms with Crippen molar-refractivity contribution in [1.82, 2.24) is 9.55 Å². The molecule has 2 heterocycles. The number of pyridine rings is 1. The van der Waals surface area contributed by atoms with Gasteiger partial charge < -0.3 is 9.30 Å². The molecule has 0 aliphatic carbocycles. The van der Waals surface area contributed by atoms with Crippen LogP contribution in [0.5, 0.6) is 0 Å². The lowest BCUT2D eigenvalue weighted by Gasteiger charge is -2.07. The van der Waals surface area contributed by atoms with Gasteiger partial charge in [-0.3, -0.25) is 10.1 Å². The second-order valence-electron chi connectivity index (χ2n) is 5.18. The van der Waals surface area contributed by atoms with Crippen LogP contribution >= 0.6 is 0 Å².